The van der Waals surface area contributed by atoms with Gasteiger partial charge in [0.2, 0.25) is 0 Å². The maximum Gasteiger partial charge on any atom is 0.294 e. The Labute approximate surface area is 184 Å². The number of benzene rings is 3. The lowest BCUT2D eigenvalue weighted by Crippen LogP contribution is -2.15. The molecule has 3 N–H and O–H groups in total. The van der Waals surface area contributed by atoms with E-state index in [4.69, 9.17) is 4.55 Å². The fraction of sp³-hybridized carbons (Fsp3) is 0. The molecule has 0 radical (unpaired) electrons. The van der Waals surface area contributed by atoms with Gasteiger partial charge in [-0.3, -0.25) is 9.35 Å². The lowest BCUT2D eigenvalue weighted by molar-refractivity contribution is -0.112. The number of nitrogens with one attached hydrogen (secondary N) is 2. The van der Waals surface area contributed by atoms with Crippen molar-refractivity contribution in [1.82, 2.24) is 0 Å². The molecule has 0 aliphatic heterocycles. The van der Waals surface area contributed by atoms with Crippen LogP contribution in [0.15, 0.2) is 105 Å². The minimum absolute atomic E-state index is 0.211. The molecule has 0 atom stereocenters. The molecule has 0 bridgehead atoms. The largest absolute Gasteiger partial charge is 0.360 e. The van der Waals surface area contributed by atoms with E-state index in [1.807, 2.05) is 48.5 Å². The van der Waals surface area contributed by atoms with Crippen molar-refractivity contribution in [3.05, 3.63) is 90.6 Å². The molecular weight excluding hydrogens is 434 g/mol. The summed E-state index contributed by atoms with van der Waals surface area (Å²) in [6.45, 7) is 0. The number of nitrogens with zero attached hydrogens (tertiary/aromatic N) is 1. The Kier molecular flexibility index (Phi) is 7.10. The zero-order valence-electron chi connectivity index (χ0n) is 16.0. The first kappa shape index (κ1) is 22.1. The second kappa shape index (κ2) is 9.95. The Hall–Kier alpha value is -3.58. The third kappa shape index (κ3) is 6.20. The lowest BCUT2D eigenvalue weighted by Gasteiger charge is -2.10. The molecule has 156 valence electrons. The van der Waals surface area contributed by atoms with Crippen molar-refractivity contribution in [3.63, 3.8) is 0 Å². The van der Waals surface area contributed by atoms with Crippen LogP contribution in [0, 0.1) is 11.3 Å². The van der Waals surface area contributed by atoms with Crippen LogP contribution < -0.4 is 10.6 Å². The molecule has 3 rings (SSSR count). The molecule has 0 spiro atoms. The van der Waals surface area contributed by atoms with Gasteiger partial charge in [-0.1, -0.05) is 48.2 Å². The highest BCUT2D eigenvalue weighted by molar-refractivity contribution is 7.99. The number of carbonyl (C=O) groups excluding carboxylic acids is 1. The van der Waals surface area contributed by atoms with Gasteiger partial charge in [-0.2, -0.15) is 13.7 Å². The van der Waals surface area contributed by atoms with Crippen molar-refractivity contribution in [2.45, 2.75) is 14.7 Å². The van der Waals surface area contributed by atoms with E-state index in [1.165, 1.54) is 42.2 Å². The van der Waals surface area contributed by atoms with Gasteiger partial charge in [-0.25, -0.2) is 0 Å². The van der Waals surface area contributed by atoms with Crippen molar-refractivity contribution in [1.29, 1.82) is 5.26 Å². The number of hydrogen-bond donors (Lipinski definition) is 3. The zero-order valence-corrected chi connectivity index (χ0v) is 17.7. The smallest absolute Gasteiger partial charge is 0.294 e. The first-order valence-corrected chi connectivity index (χ1v) is 11.2. The third-order valence-corrected chi connectivity index (χ3v) is 5.92. The summed E-state index contributed by atoms with van der Waals surface area (Å²) in [7, 11) is -4.36. The summed E-state index contributed by atoms with van der Waals surface area (Å²) in [6.07, 6.45) is 1.17. The summed E-state index contributed by atoms with van der Waals surface area (Å²) in [6, 6.07) is 24.1. The van der Waals surface area contributed by atoms with Crippen molar-refractivity contribution in [2.75, 3.05) is 10.6 Å². The van der Waals surface area contributed by atoms with Gasteiger partial charge in [0.25, 0.3) is 16.0 Å². The number of para-hydroxylation sites is 1. The van der Waals surface area contributed by atoms with Gasteiger partial charge in [0.05, 0.1) is 10.6 Å². The lowest BCUT2D eigenvalue weighted by atomic mass is 10.2. The van der Waals surface area contributed by atoms with E-state index in [0.29, 0.717) is 5.69 Å². The molecule has 31 heavy (non-hydrogen) atoms. The number of rotatable bonds is 7. The molecule has 0 heterocycles. The number of anilines is 2. The van der Waals surface area contributed by atoms with Crippen LogP contribution in [-0.4, -0.2) is 18.9 Å². The fourth-order valence-electron chi connectivity index (χ4n) is 2.51. The SMILES string of the molecule is N#C/C(=C/Nc1cccc(S(=O)(=O)O)c1)C(=O)Nc1ccccc1Sc1ccccc1. The van der Waals surface area contributed by atoms with Crippen LogP contribution in [0.1, 0.15) is 0 Å². The number of hydrogen-bond acceptors (Lipinski definition) is 6. The Morgan fingerprint density at radius 1 is 1.00 bits per heavy atom. The summed E-state index contributed by atoms with van der Waals surface area (Å²) < 4.78 is 31.6. The van der Waals surface area contributed by atoms with Crippen LogP contribution in [0.5, 0.6) is 0 Å². The van der Waals surface area contributed by atoms with E-state index in [-0.39, 0.29) is 16.2 Å². The molecule has 1 amide bonds. The summed E-state index contributed by atoms with van der Waals surface area (Å²) in [4.78, 5) is 14.1. The Morgan fingerprint density at radius 3 is 2.42 bits per heavy atom. The minimum Gasteiger partial charge on any atom is -0.360 e. The fourth-order valence-corrected chi connectivity index (χ4v) is 3.96. The van der Waals surface area contributed by atoms with Gasteiger partial charge in [-0.05, 0) is 42.5 Å². The second-order valence-electron chi connectivity index (χ2n) is 6.18. The average molecular weight is 452 g/mol. The first-order valence-electron chi connectivity index (χ1n) is 8.94. The molecule has 7 nitrogen and oxygen atoms in total. The molecule has 9 heteroatoms. The normalized spacial score (nSPS) is 11.4. The number of carbonyl (C=O) groups is 1. The molecule has 3 aromatic carbocycles. The first-order chi connectivity index (χ1) is 14.9. The Morgan fingerprint density at radius 2 is 1.71 bits per heavy atom. The van der Waals surface area contributed by atoms with E-state index < -0.39 is 16.0 Å². The maximum atomic E-state index is 12.6. The Bertz CT molecular complexity index is 1270. The highest BCUT2D eigenvalue weighted by atomic mass is 32.2. The van der Waals surface area contributed by atoms with Crippen molar-refractivity contribution >= 4 is 39.2 Å². The molecule has 0 aliphatic rings. The van der Waals surface area contributed by atoms with Crippen LogP contribution in [-0.2, 0) is 14.9 Å². The van der Waals surface area contributed by atoms with Gasteiger partial charge in [0, 0.05) is 21.7 Å². The van der Waals surface area contributed by atoms with Gasteiger partial charge in [0.1, 0.15) is 11.6 Å². The number of nitriles is 1. The maximum absolute atomic E-state index is 12.6. The molecule has 0 fully saturated rings. The Balaban J connectivity index is 1.76. The molecular formula is C22H17N3O4S2. The van der Waals surface area contributed by atoms with Crippen molar-refractivity contribution in [3.8, 4) is 6.07 Å². The van der Waals surface area contributed by atoms with Crippen LogP contribution >= 0.6 is 11.8 Å². The standard InChI is InChI=1S/C22H17N3O4S2/c23-14-16(15-24-17-7-6-10-19(13-17)31(27,28)29)22(26)25-20-11-4-5-12-21(20)30-18-8-2-1-3-9-18/h1-13,15,24H,(H,25,26)(H,27,28,29)/b16-15-. The van der Waals surface area contributed by atoms with Gasteiger partial charge in [-0.15, -0.1) is 0 Å². The molecule has 0 aliphatic carbocycles. The van der Waals surface area contributed by atoms with Crippen molar-refractivity contribution in [2.24, 2.45) is 0 Å². The third-order valence-electron chi connectivity index (χ3n) is 3.99. The van der Waals surface area contributed by atoms with Crippen LogP contribution in [0.25, 0.3) is 0 Å². The van der Waals surface area contributed by atoms with E-state index in [2.05, 4.69) is 10.6 Å². The van der Waals surface area contributed by atoms with E-state index in [9.17, 15) is 18.5 Å². The van der Waals surface area contributed by atoms with Gasteiger partial charge in [0.15, 0.2) is 0 Å². The van der Waals surface area contributed by atoms with Gasteiger partial charge < -0.3 is 10.6 Å². The van der Waals surface area contributed by atoms with Crippen molar-refractivity contribution < 1.29 is 17.8 Å². The monoisotopic (exact) mass is 451 g/mol. The van der Waals surface area contributed by atoms with E-state index in [0.717, 1.165) is 9.79 Å². The summed E-state index contributed by atoms with van der Waals surface area (Å²) in [5, 5.41) is 14.8. The van der Waals surface area contributed by atoms with E-state index >= 15 is 0 Å². The zero-order chi connectivity index (χ0) is 22.3. The minimum atomic E-state index is -4.36. The average Bonchev–Trinajstić information content (AvgIpc) is 2.76. The summed E-state index contributed by atoms with van der Waals surface area (Å²) in [5.74, 6) is -0.623. The van der Waals surface area contributed by atoms with Crippen LogP contribution in [0.3, 0.4) is 0 Å². The molecule has 3 aromatic rings. The highest BCUT2D eigenvalue weighted by Gasteiger charge is 2.13. The highest BCUT2D eigenvalue weighted by Crippen LogP contribution is 2.33. The van der Waals surface area contributed by atoms with Crippen LogP contribution in [0.4, 0.5) is 11.4 Å². The molecule has 0 aromatic heterocycles. The predicted molar refractivity (Wildman–Crippen MR) is 119 cm³/mol. The number of amides is 1. The van der Waals surface area contributed by atoms with E-state index in [1.54, 1.807) is 12.1 Å². The summed E-state index contributed by atoms with van der Waals surface area (Å²) in [5.41, 5.74) is 0.628. The topological polar surface area (TPSA) is 119 Å². The van der Waals surface area contributed by atoms with Gasteiger partial charge >= 0.3 is 0 Å². The quantitative estimate of drug-likeness (QED) is 0.274. The predicted octanol–water partition coefficient (Wildman–Crippen LogP) is 4.54. The van der Waals surface area contributed by atoms with Crippen LogP contribution in [0.2, 0.25) is 0 Å². The summed E-state index contributed by atoms with van der Waals surface area (Å²) >= 11 is 1.48. The molecule has 0 saturated heterocycles. The molecule has 0 unspecified atom stereocenters. The molecule has 0 saturated carbocycles. The second-order valence-corrected chi connectivity index (χ2v) is 8.72.